The first-order chi connectivity index (χ1) is 40.3. The highest BCUT2D eigenvalue weighted by atomic mass is 79.9. The molecular weight excluding hydrogens is 1190 g/mol. The monoisotopic (exact) mass is 1250 g/mol. The van der Waals surface area contributed by atoms with Crippen LogP contribution in [0.25, 0.3) is 56.4 Å². The van der Waals surface area contributed by atoms with Crippen LogP contribution in [0.4, 0.5) is 8.78 Å². The van der Waals surface area contributed by atoms with Crippen LogP contribution in [0.3, 0.4) is 0 Å². The average Bonchev–Trinajstić information content (AvgIpc) is 1.79. The van der Waals surface area contributed by atoms with Crippen LogP contribution in [-0.2, 0) is 38.5 Å². The van der Waals surface area contributed by atoms with Crippen molar-refractivity contribution < 1.29 is 27.3 Å². The molecular formula is C66H64BrClF2N8O8. The Morgan fingerprint density at radius 2 is 0.895 bits per heavy atom. The number of ether oxygens (including phenoxy) is 2. The molecule has 0 atom stereocenters. The first kappa shape index (κ1) is 61.7. The van der Waals surface area contributed by atoms with E-state index in [1.54, 1.807) is 13.8 Å². The van der Waals surface area contributed by atoms with Gasteiger partial charge in [-0.25, -0.2) is 28.3 Å². The minimum Gasteiger partial charge on any atom is -0.484 e. The van der Waals surface area contributed by atoms with E-state index < -0.39 is 34.3 Å². The van der Waals surface area contributed by atoms with Gasteiger partial charge in [-0.1, -0.05) is 134 Å². The van der Waals surface area contributed by atoms with Gasteiger partial charge in [-0.15, -0.1) is 29.4 Å². The fourth-order valence-corrected chi connectivity index (χ4v) is 11.4. The maximum Gasteiger partial charge on any atom is 0.439 e. The maximum atomic E-state index is 15.1. The molecule has 444 valence electrons. The van der Waals surface area contributed by atoms with E-state index in [4.69, 9.17) is 28.5 Å². The van der Waals surface area contributed by atoms with Gasteiger partial charge < -0.3 is 9.47 Å². The zero-order valence-electron chi connectivity index (χ0n) is 48.7. The van der Waals surface area contributed by atoms with Crippen LogP contribution in [0.5, 0.6) is 11.5 Å². The van der Waals surface area contributed by atoms with E-state index in [0.29, 0.717) is 84.3 Å². The van der Waals surface area contributed by atoms with Gasteiger partial charge in [-0.2, -0.15) is 0 Å². The Morgan fingerprint density at radius 1 is 0.535 bits per heavy atom. The molecule has 0 saturated carbocycles. The third kappa shape index (κ3) is 12.6. The van der Waals surface area contributed by atoms with E-state index in [-0.39, 0.29) is 52.0 Å². The van der Waals surface area contributed by atoms with Gasteiger partial charge in [0.2, 0.25) is 0 Å². The number of aryl methyl sites for hydroxylation is 4. The number of benzene rings is 6. The lowest BCUT2D eigenvalue weighted by Crippen LogP contribution is -2.28. The van der Waals surface area contributed by atoms with Crippen LogP contribution < -0.4 is 32.1 Å². The molecule has 0 fully saturated rings. The normalized spacial score (nSPS) is 13.3. The molecule has 2 aliphatic rings. The van der Waals surface area contributed by atoms with E-state index in [0.717, 1.165) is 79.9 Å². The van der Waals surface area contributed by atoms with Crippen LogP contribution in [0.1, 0.15) is 111 Å². The summed E-state index contributed by atoms with van der Waals surface area (Å²) in [5.41, 5.74) is 10.6. The number of aromatic amines is 2. The average molecular weight is 1250 g/mol. The highest BCUT2D eigenvalue weighted by Crippen LogP contribution is 2.40. The van der Waals surface area contributed by atoms with Crippen molar-refractivity contribution >= 4 is 29.4 Å². The third-order valence-electron chi connectivity index (χ3n) is 15.1. The highest BCUT2D eigenvalue weighted by molar-refractivity contribution is 8.93. The van der Waals surface area contributed by atoms with Gasteiger partial charge >= 0.3 is 11.5 Å². The number of rotatable bonds is 14. The van der Waals surface area contributed by atoms with Crippen molar-refractivity contribution in [3.8, 4) is 67.9 Å². The SMILES string of the molecule is Br.CCCc1nc(C)n(-c2cc(F)c3c(c2)CC(C)(C)O3)c(=O)c1Cc1ccc(-c2ccccc2-c2noc(=O)[nH]2)cc1.CCCc1nc(C)n(-c2cc(F)c3c(c2)CC(C)(C)O3)c(=O)c1Cc1ccc(-c2ccccc2-c2noc(=O)[nH]2)cc1.Cl. The fourth-order valence-electron chi connectivity index (χ4n) is 11.4. The second kappa shape index (κ2) is 25.0. The number of H-pyrrole nitrogens is 2. The van der Waals surface area contributed by atoms with Crippen molar-refractivity contribution in [3.05, 3.63) is 231 Å². The van der Waals surface area contributed by atoms with E-state index in [1.165, 1.54) is 21.3 Å². The van der Waals surface area contributed by atoms with Gasteiger partial charge in [-0.3, -0.25) is 37.7 Å². The van der Waals surface area contributed by atoms with Crippen molar-refractivity contribution in [1.29, 1.82) is 0 Å². The molecule has 0 radical (unpaired) electrons. The van der Waals surface area contributed by atoms with Gasteiger partial charge in [-0.05, 0) is 99.9 Å². The Balaban J connectivity index is 0.000000201. The fraction of sp³-hybridized carbons (Fsp3) is 0.273. The molecule has 0 unspecified atom stereocenters. The van der Waals surface area contributed by atoms with Crippen LogP contribution >= 0.6 is 29.4 Å². The first-order valence-corrected chi connectivity index (χ1v) is 28.0. The number of aromatic nitrogens is 8. The van der Waals surface area contributed by atoms with Gasteiger partial charge in [0.05, 0.1) is 22.8 Å². The summed E-state index contributed by atoms with van der Waals surface area (Å²) in [6.45, 7) is 15.3. The van der Waals surface area contributed by atoms with Crippen LogP contribution in [0.2, 0.25) is 0 Å². The molecule has 20 heteroatoms. The van der Waals surface area contributed by atoms with Crippen molar-refractivity contribution in [2.75, 3.05) is 0 Å². The predicted octanol–water partition coefficient (Wildman–Crippen LogP) is 12.9. The van der Waals surface area contributed by atoms with E-state index in [1.807, 2.05) is 137 Å². The second-order valence-electron chi connectivity index (χ2n) is 22.6. The molecule has 0 saturated heterocycles. The quantitative estimate of drug-likeness (QED) is 0.104. The molecule has 0 aliphatic carbocycles. The molecule has 4 aromatic heterocycles. The zero-order chi connectivity index (χ0) is 59.2. The van der Waals surface area contributed by atoms with Gasteiger partial charge in [0.15, 0.2) is 34.8 Å². The topological polar surface area (TPSA) is 206 Å². The number of nitrogens with one attached hydrogen (secondary N) is 2. The van der Waals surface area contributed by atoms with Crippen LogP contribution in [-0.4, -0.2) is 50.6 Å². The number of fused-ring (bicyclic) bond motifs is 2. The Morgan fingerprint density at radius 3 is 1.23 bits per heavy atom. The molecule has 0 spiro atoms. The van der Waals surface area contributed by atoms with Gasteiger partial charge in [0, 0.05) is 71.2 Å². The van der Waals surface area contributed by atoms with Crippen molar-refractivity contribution in [3.63, 3.8) is 0 Å². The lowest BCUT2D eigenvalue weighted by molar-refractivity contribution is 0.132. The summed E-state index contributed by atoms with van der Waals surface area (Å²) in [6, 6.07) is 37.4. The molecule has 10 aromatic rings. The molecule has 16 nitrogen and oxygen atoms in total. The minimum absolute atomic E-state index is 0. The van der Waals surface area contributed by atoms with Gasteiger partial charge in [0.1, 0.15) is 22.9 Å². The van der Waals surface area contributed by atoms with E-state index in [9.17, 15) is 19.2 Å². The summed E-state index contributed by atoms with van der Waals surface area (Å²) in [4.78, 5) is 66.0. The largest absolute Gasteiger partial charge is 0.484 e. The lowest BCUT2D eigenvalue weighted by Gasteiger charge is -2.17. The Kier molecular flexibility index (Phi) is 18.0. The molecule has 0 bridgehead atoms. The molecule has 86 heavy (non-hydrogen) atoms. The molecule has 2 aliphatic heterocycles. The smallest absolute Gasteiger partial charge is 0.439 e. The summed E-state index contributed by atoms with van der Waals surface area (Å²) in [5, 5.41) is 7.67. The Labute approximate surface area is 510 Å². The Bertz CT molecular complexity index is 4130. The number of hydrogen-bond acceptors (Lipinski definition) is 12. The molecule has 12 rings (SSSR count). The van der Waals surface area contributed by atoms with Crippen molar-refractivity contribution in [1.82, 2.24) is 39.4 Å². The summed E-state index contributed by atoms with van der Waals surface area (Å²) in [7, 11) is 0. The lowest BCUT2D eigenvalue weighted by atomic mass is 9.96. The second-order valence-corrected chi connectivity index (χ2v) is 22.6. The Hall–Kier alpha value is -8.81. The minimum atomic E-state index is -0.616. The molecule has 6 heterocycles. The summed E-state index contributed by atoms with van der Waals surface area (Å²) < 4.78 is 54.3. The predicted molar refractivity (Wildman–Crippen MR) is 333 cm³/mol. The zero-order valence-corrected chi connectivity index (χ0v) is 51.3. The van der Waals surface area contributed by atoms with Crippen molar-refractivity contribution in [2.24, 2.45) is 0 Å². The highest BCUT2D eigenvalue weighted by Gasteiger charge is 2.35. The van der Waals surface area contributed by atoms with E-state index in [2.05, 4.69) is 34.1 Å². The third-order valence-corrected chi connectivity index (χ3v) is 15.1. The van der Waals surface area contributed by atoms with Crippen LogP contribution in [0, 0.1) is 25.5 Å². The van der Waals surface area contributed by atoms with Crippen LogP contribution in [0.15, 0.2) is 150 Å². The van der Waals surface area contributed by atoms with Gasteiger partial charge in [0.25, 0.3) is 11.1 Å². The van der Waals surface area contributed by atoms with E-state index >= 15 is 8.78 Å². The first-order valence-electron chi connectivity index (χ1n) is 28.0. The summed E-state index contributed by atoms with van der Waals surface area (Å²) in [5.74, 6) is 0.0500. The standard InChI is InChI=1S/2C33H31FN4O4.BrH.ClH/c2*1-5-8-28-26(31(39)38(19(2)35-28)23-16-22-18-33(3,4)41-29(22)27(34)17-23)15-20-11-13-21(14-12-20)24-9-6-7-10-25(24)30-36-32(40)42-37-30;;/h2*6-7,9-14,16-17H,5,8,15,18H2,1-4H3,(H,36,37,40);2*1H. The molecule has 6 aromatic carbocycles. The number of halogens is 4. The maximum absolute atomic E-state index is 15.1. The molecule has 0 amide bonds. The molecule has 2 N–H and O–H groups in total. The summed E-state index contributed by atoms with van der Waals surface area (Å²) >= 11 is 0. The number of nitrogens with zero attached hydrogens (tertiary/aromatic N) is 6. The van der Waals surface area contributed by atoms with Crippen molar-refractivity contribution in [2.45, 2.75) is 118 Å². The number of hydrogen-bond donors (Lipinski definition) is 2. The summed E-state index contributed by atoms with van der Waals surface area (Å²) in [6.07, 6.45) is 4.86.